The molecule has 20 heavy (non-hydrogen) atoms. The van der Waals surface area contributed by atoms with Gasteiger partial charge in [0, 0.05) is 32.7 Å². The second kappa shape index (κ2) is 6.05. The molecule has 0 saturated carbocycles. The van der Waals surface area contributed by atoms with Crippen LogP contribution in [0, 0.1) is 12.7 Å². The van der Waals surface area contributed by atoms with Crippen molar-refractivity contribution >= 4 is 5.82 Å². The molecule has 1 aromatic carbocycles. The highest BCUT2D eigenvalue weighted by Gasteiger charge is 2.16. The molecule has 0 aliphatic carbocycles. The molecule has 0 atom stereocenters. The number of anilines is 1. The Labute approximate surface area is 119 Å². The van der Waals surface area contributed by atoms with E-state index in [4.69, 9.17) is 0 Å². The molecule has 4 nitrogen and oxygen atoms in total. The molecule has 2 aromatic rings. The van der Waals surface area contributed by atoms with Gasteiger partial charge in [-0.2, -0.15) is 5.10 Å². The van der Waals surface area contributed by atoms with Gasteiger partial charge in [-0.25, -0.2) is 4.39 Å². The van der Waals surface area contributed by atoms with Crippen LogP contribution in [0.4, 0.5) is 10.2 Å². The molecule has 0 unspecified atom stereocenters. The third-order valence-electron chi connectivity index (χ3n) is 3.36. The van der Waals surface area contributed by atoms with Crippen molar-refractivity contribution in [1.29, 1.82) is 0 Å². The van der Waals surface area contributed by atoms with Gasteiger partial charge in [-0.05, 0) is 31.7 Å². The first kappa shape index (κ1) is 14.5. The van der Waals surface area contributed by atoms with Crippen LogP contribution >= 0.6 is 0 Å². The molecule has 0 amide bonds. The number of halogens is 1. The second-order valence-electron chi connectivity index (χ2n) is 5.02. The summed E-state index contributed by atoms with van der Waals surface area (Å²) in [6.45, 7) is 3.51. The summed E-state index contributed by atoms with van der Waals surface area (Å²) in [5.74, 6) is 0.879. The fourth-order valence-corrected chi connectivity index (χ4v) is 2.49. The Kier molecular flexibility index (Phi) is 4.39. The van der Waals surface area contributed by atoms with E-state index in [0.717, 1.165) is 30.2 Å². The van der Waals surface area contributed by atoms with E-state index in [1.54, 1.807) is 0 Å². The van der Waals surface area contributed by atoms with Crippen molar-refractivity contribution in [3.63, 3.8) is 0 Å². The Balaban J connectivity index is 2.24. The van der Waals surface area contributed by atoms with Crippen LogP contribution in [0.2, 0.25) is 0 Å². The Bertz CT molecular complexity index is 574. The lowest BCUT2D eigenvalue weighted by Gasteiger charge is -2.21. The molecule has 1 N–H and O–H groups in total. The number of aromatic nitrogens is 2. The smallest absolute Gasteiger partial charge is 0.131 e. The Morgan fingerprint density at radius 2 is 1.95 bits per heavy atom. The van der Waals surface area contributed by atoms with Crippen LogP contribution in [0.5, 0.6) is 0 Å². The molecule has 108 valence electrons. The lowest BCUT2D eigenvalue weighted by atomic mass is 10.2. The summed E-state index contributed by atoms with van der Waals surface area (Å²) < 4.78 is 14.8. The highest BCUT2D eigenvalue weighted by molar-refractivity contribution is 5.50. The predicted molar refractivity (Wildman–Crippen MR) is 79.2 cm³/mol. The minimum Gasteiger partial charge on any atom is -0.355 e. The topological polar surface area (TPSA) is 33.1 Å². The van der Waals surface area contributed by atoms with Crippen LogP contribution in [0.25, 0.3) is 0 Å². The molecule has 0 fully saturated rings. The number of aryl methyl sites for hydroxylation is 2. The minimum atomic E-state index is -0.205. The zero-order valence-electron chi connectivity index (χ0n) is 12.4. The van der Waals surface area contributed by atoms with Crippen LogP contribution in [0.3, 0.4) is 0 Å². The fraction of sp³-hybridized carbons (Fsp3) is 0.400. The van der Waals surface area contributed by atoms with E-state index in [1.165, 1.54) is 17.7 Å². The van der Waals surface area contributed by atoms with E-state index in [-0.39, 0.29) is 5.82 Å². The normalized spacial score (nSPS) is 10.8. The summed E-state index contributed by atoms with van der Waals surface area (Å²) in [7, 11) is 5.90. The molecular formula is C15H21FN4. The summed E-state index contributed by atoms with van der Waals surface area (Å²) in [4.78, 5) is 2.14. The number of nitrogens with one attached hydrogen (secondary N) is 1. The lowest BCUT2D eigenvalue weighted by molar-refractivity contribution is 0.626. The first-order valence-corrected chi connectivity index (χ1v) is 6.65. The van der Waals surface area contributed by atoms with Crippen molar-refractivity contribution in [3.05, 3.63) is 46.9 Å². The molecule has 0 aliphatic rings. The second-order valence-corrected chi connectivity index (χ2v) is 5.02. The first-order chi connectivity index (χ1) is 9.52. The van der Waals surface area contributed by atoms with E-state index >= 15 is 0 Å². The number of hydrogen-bond acceptors (Lipinski definition) is 3. The van der Waals surface area contributed by atoms with Gasteiger partial charge in [-0.1, -0.05) is 12.1 Å². The van der Waals surface area contributed by atoms with E-state index in [0.29, 0.717) is 0 Å². The van der Waals surface area contributed by atoms with Crippen LogP contribution in [0.1, 0.15) is 16.8 Å². The maximum atomic E-state index is 12.9. The van der Waals surface area contributed by atoms with Crippen molar-refractivity contribution in [2.75, 3.05) is 19.0 Å². The van der Waals surface area contributed by atoms with Gasteiger partial charge in [0.05, 0.1) is 5.69 Å². The van der Waals surface area contributed by atoms with Gasteiger partial charge in [-0.15, -0.1) is 0 Å². The highest BCUT2D eigenvalue weighted by atomic mass is 19.1. The average Bonchev–Trinajstić information content (AvgIpc) is 2.68. The van der Waals surface area contributed by atoms with Gasteiger partial charge >= 0.3 is 0 Å². The minimum absolute atomic E-state index is 0.205. The summed E-state index contributed by atoms with van der Waals surface area (Å²) in [5.41, 5.74) is 3.30. The standard InChI is InChI=1S/C15H21FN4/c1-11-14(9-17-2)15(20(4)18-11)19(3)10-12-5-7-13(16)8-6-12/h5-8,17H,9-10H2,1-4H3. The van der Waals surface area contributed by atoms with Gasteiger partial charge in [0.25, 0.3) is 0 Å². The fourth-order valence-electron chi connectivity index (χ4n) is 2.49. The molecule has 0 aliphatic heterocycles. The SMILES string of the molecule is CNCc1c(C)nn(C)c1N(C)Cc1ccc(F)cc1. The van der Waals surface area contributed by atoms with Crippen LogP contribution < -0.4 is 10.2 Å². The number of hydrogen-bond donors (Lipinski definition) is 1. The third-order valence-corrected chi connectivity index (χ3v) is 3.36. The van der Waals surface area contributed by atoms with E-state index in [2.05, 4.69) is 15.3 Å². The van der Waals surface area contributed by atoms with Gasteiger partial charge in [0.1, 0.15) is 11.6 Å². The van der Waals surface area contributed by atoms with Gasteiger partial charge in [-0.3, -0.25) is 4.68 Å². The Morgan fingerprint density at radius 3 is 2.55 bits per heavy atom. The van der Waals surface area contributed by atoms with Crippen molar-refractivity contribution < 1.29 is 4.39 Å². The van der Waals surface area contributed by atoms with Crippen LogP contribution in [0.15, 0.2) is 24.3 Å². The zero-order valence-corrected chi connectivity index (χ0v) is 12.4. The number of rotatable bonds is 5. The van der Waals surface area contributed by atoms with E-state index < -0.39 is 0 Å². The lowest BCUT2D eigenvalue weighted by Crippen LogP contribution is -2.21. The van der Waals surface area contributed by atoms with Gasteiger partial charge in [0.15, 0.2) is 0 Å². The Morgan fingerprint density at radius 1 is 1.30 bits per heavy atom. The summed E-state index contributed by atoms with van der Waals surface area (Å²) in [6, 6.07) is 6.61. The largest absolute Gasteiger partial charge is 0.355 e. The monoisotopic (exact) mass is 276 g/mol. The zero-order chi connectivity index (χ0) is 14.7. The van der Waals surface area contributed by atoms with Crippen molar-refractivity contribution in [2.45, 2.75) is 20.0 Å². The van der Waals surface area contributed by atoms with Crippen LogP contribution in [-0.2, 0) is 20.1 Å². The van der Waals surface area contributed by atoms with Crippen molar-refractivity contribution in [1.82, 2.24) is 15.1 Å². The molecule has 0 saturated heterocycles. The summed E-state index contributed by atoms with van der Waals surface area (Å²) in [5, 5.41) is 7.66. The molecule has 1 heterocycles. The molecule has 5 heteroatoms. The quantitative estimate of drug-likeness (QED) is 0.909. The summed E-state index contributed by atoms with van der Waals surface area (Å²) in [6.07, 6.45) is 0. The molecular weight excluding hydrogens is 255 g/mol. The number of nitrogens with zero attached hydrogens (tertiary/aromatic N) is 3. The maximum absolute atomic E-state index is 12.9. The third kappa shape index (κ3) is 2.99. The Hall–Kier alpha value is -1.88. The first-order valence-electron chi connectivity index (χ1n) is 6.65. The van der Waals surface area contributed by atoms with Gasteiger partial charge < -0.3 is 10.2 Å². The maximum Gasteiger partial charge on any atom is 0.131 e. The van der Waals surface area contributed by atoms with Crippen LogP contribution in [-0.4, -0.2) is 23.9 Å². The molecule has 1 aromatic heterocycles. The molecule has 2 rings (SSSR count). The van der Waals surface area contributed by atoms with E-state index in [9.17, 15) is 4.39 Å². The molecule has 0 spiro atoms. The molecule has 0 radical (unpaired) electrons. The van der Waals surface area contributed by atoms with Crippen molar-refractivity contribution in [3.8, 4) is 0 Å². The highest BCUT2D eigenvalue weighted by Crippen LogP contribution is 2.23. The van der Waals surface area contributed by atoms with Gasteiger partial charge in [0.2, 0.25) is 0 Å². The summed E-state index contributed by atoms with van der Waals surface area (Å²) >= 11 is 0. The van der Waals surface area contributed by atoms with E-state index in [1.807, 2.05) is 44.9 Å². The average molecular weight is 276 g/mol. The van der Waals surface area contributed by atoms with Crippen molar-refractivity contribution in [2.24, 2.45) is 7.05 Å². The predicted octanol–water partition coefficient (Wildman–Crippen LogP) is 2.22. The number of benzene rings is 1. The molecule has 0 bridgehead atoms.